The minimum Gasteiger partial charge on any atom is -0.497 e. The van der Waals surface area contributed by atoms with Gasteiger partial charge in [-0.1, -0.05) is 54.6 Å². The molecule has 1 unspecified atom stereocenters. The molecule has 1 saturated carbocycles. The maximum absolute atomic E-state index is 5.87. The quantitative estimate of drug-likeness (QED) is 0.572. The summed E-state index contributed by atoms with van der Waals surface area (Å²) in [7, 11) is 1.69. The van der Waals surface area contributed by atoms with E-state index in [0.717, 1.165) is 24.5 Å². The lowest BCUT2D eigenvalue weighted by Crippen LogP contribution is -2.04. The van der Waals surface area contributed by atoms with E-state index in [4.69, 9.17) is 9.47 Å². The zero-order valence-corrected chi connectivity index (χ0v) is 16.1. The third-order valence-corrected chi connectivity index (χ3v) is 5.01. The van der Waals surface area contributed by atoms with Crippen LogP contribution < -0.4 is 14.8 Å². The molecular weight excluding hydrogens is 346 g/mol. The first-order valence-electron chi connectivity index (χ1n) is 9.64. The Labute approximate surface area is 166 Å². The molecule has 1 aliphatic carbocycles. The minimum absolute atomic E-state index is 0.534. The molecule has 0 spiro atoms. The van der Waals surface area contributed by atoms with Crippen LogP contribution in [0, 0.1) is 0 Å². The maximum atomic E-state index is 5.87. The number of benzene rings is 3. The monoisotopic (exact) mass is 371 g/mol. The first-order chi connectivity index (χ1) is 13.8. The lowest BCUT2D eigenvalue weighted by molar-refractivity contribution is 0.306. The highest BCUT2D eigenvalue weighted by Gasteiger charge is 2.30. The van der Waals surface area contributed by atoms with Crippen molar-refractivity contribution in [2.45, 2.75) is 25.5 Å². The van der Waals surface area contributed by atoms with E-state index in [1.54, 1.807) is 7.11 Å². The maximum Gasteiger partial charge on any atom is 0.119 e. The molecule has 1 fully saturated rings. The van der Waals surface area contributed by atoms with Crippen LogP contribution in [0.2, 0.25) is 0 Å². The van der Waals surface area contributed by atoms with Crippen LogP contribution in [0.25, 0.3) is 0 Å². The van der Waals surface area contributed by atoms with Crippen LogP contribution in [0.4, 0.5) is 0 Å². The van der Waals surface area contributed by atoms with Gasteiger partial charge in [0.1, 0.15) is 18.1 Å². The lowest BCUT2D eigenvalue weighted by atomic mass is 10.1. The lowest BCUT2D eigenvalue weighted by Gasteiger charge is -2.07. The second-order valence-electron chi connectivity index (χ2n) is 7.05. The van der Waals surface area contributed by atoms with Crippen LogP contribution in [-0.4, -0.2) is 7.11 Å². The Balaban J connectivity index is 1.25. The Morgan fingerprint density at radius 3 is 2.29 bits per heavy atom. The number of rotatable bonds is 8. The van der Waals surface area contributed by atoms with Gasteiger partial charge in [-0.3, -0.25) is 0 Å². The van der Waals surface area contributed by atoms with Crippen molar-refractivity contribution in [3.05, 3.63) is 107 Å². The predicted octanol–water partition coefficient (Wildman–Crippen LogP) is 5.44. The van der Waals surface area contributed by atoms with Crippen LogP contribution in [0.15, 0.2) is 90.6 Å². The number of nitrogens with one attached hydrogen (secondary N) is 1. The third-order valence-electron chi connectivity index (χ3n) is 5.01. The zero-order valence-electron chi connectivity index (χ0n) is 16.1. The molecule has 0 aromatic heterocycles. The molecule has 0 saturated heterocycles. The van der Waals surface area contributed by atoms with E-state index in [-0.39, 0.29) is 0 Å². The summed E-state index contributed by atoms with van der Waals surface area (Å²) in [6.45, 7) is 1.43. The molecule has 0 radical (unpaired) electrons. The first kappa shape index (κ1) is 18.2. The molecule has 0 heterocycles. The average molecular weight is 371 g/mol. The molecule has 1 N–H and O–H groups in total. The van der Waals surface area contributed by atoms with Gasteiger partial charge in [0.2, 0.25) is 0 Å². The van der Waals surface area contributed by atoms with Gasteiger partial charge in [-0.05, 0) is 59.1 Å². The molecule has 0 bridgehead atoms. The number of hydrogen-bond donors (Lipinski definition) is 1. The van der Waals surface area contributed by atoms with Gasteiger partial charge >= 0.3 is 0 Å². The minimum atomic E-state index is 0.534. The van der Waals surface area contributed by atoms with Gasteiger partial charge in [0, 0.05) is 12.5 Å². The standard InChI is InChI=1S/C25H25NO2/c1-27-23-11-7-19(8-12-23)16-26-17-22-15-25(22)21-9-13-24(14-10-21)28-18-20-5-3-2-4-6-20/h2-14,17,25-26H,15-16,18H2,1H3/b22-17-. The predicted molar refractivity (Wildman–Crippen MR) is 112 cm³/mol. The number of allylic oxidation sites excluding steroid dienone is 1. The van der Waals surface area contributed by atoms with Gasteiger partial charge in [-0.15, -0.1) is 0 Å². The smallest absolute Gasteiger partial charge is 0.119 e. The molecule has 3 aromatic rings. The highest BCUT2D eigenvalue weighted by Crippen LogP contribution is 2.46. The fraction of sp³-hybridized carbons (Fsp3) is 0.200. The fourth-order valence-corrected chi connectivity index (χ4v) is 3.25. The highest BCUT2D eigenvalue weighted by molar-refractivity contribution is 5.43. The molecule has 3 nitrogen and oxygen atoms in total. The highest BCUT2D eigenvalue weighted by atomic mass is 16.5. The zero-order chi connectivity index (χ0) is 19.2. The Morgan fingerprint density at radius 2 is 1.57 bits per heavy atom. The second-order valence-corrected chi connectivity index (χ2v) is 7.05. The summed E-state index contributed by atoms with van der Waals surface area (Å²) in [4.78, 5) is 0. The van der Waals surface area contributed by atoms with Crippen molar-refractivity contribution in [3.8, 4) is 11.5 Å². The molecule has 28 heavy (non-hydrogen) atoms. The van der Waals surface area contributed by atoms with Crippen molar-refractivity contribution in [2.75, 3.05) is 7.11 Å². The average Bonchev–Trinajstić information content (AvgIpc) is 3.53. The number of hydrogen-bond acceptors (Lipinski definition) is 3. The molecular formula is C25H25NO2. The van der Waals surface area contributed by atoms with Crippen LogP contribution in [0.1, 0.15) is 29.0 Å². The molecule has 3 heteroatoms. The van der Waals surface area contributed by atoms with E-state index in [9.17, 15) is 0 Å². The van der Waals surface area contributed by atoms with Gasteiger partial charge < -0.3 is 14.8 Å². The van der Waals surface area contributed by atoms with Crippen LogP contribution in [-0.2, 0) is 13.2 Å². The third kappa shape index (κ3) is 4.74. The SMILES string of the molecule is COc1ccc(CN/C=C2/CC2c2ccc(OCc3ccccc3)cc2)cc1. The Hall–Kier alpha value is -3.20. The van der Waals surface area contributed by atoms with Crippen molar-refractivity contribution in [2.24, 2.45) is 0 Å². The second kappa shape index (κ2) is 8.66. The van der Waals surface area contributed by atoms with Crippen molar-refractivity contribution in [3.63, 3.8) is 0 Å². The van der Waals surface area contributed by atoms with Crippen LogP contribution in [0.5, 0.6) is 11.5 Å². The van der Waals surface area contributed by atoms with Gasteiger partial charge in [-0.25, -0.2) is 0 Å². The van der Waals surface area contributed by atoms with Crippen LogP contribution >= 0.6 is 0 Å². The molecule has 1 atom stereocenters. The summed E-state index contributed by atoms with van der Waals surface area (Å²) in [5, 5.41) is 3.42. The van der Waals surface area contributed by atoms with Crippen LogP contribution in [0.3, 0.4) is 0 Å². The van der Waals surface area contributed by atoms with Gasteiger partial charge in [-0.2, -0.15) is 0 Å². The molecule has 3 aromatic carbocycles. The summed E-state index contributed by atoms with van der Waals surface area (Å²) in [6, 6.07) is 26.9. The van der Waals surface area contributed by atoms with Gasteiger partial charge in [0.25, 0.3) is 0 Å². The number of ether oxygens (including phenoxy) is 2. The summed E-state index contributed by atoms with van der Waals surface area (Å²) in [6.07, 6.45) is 3.29. The summed E-state index contributed by atoms with van der Waals surface area (Å²) < 4.78 is 11.1. The van der Waals surface area contributed by atoms with Gasteiger partial charge in [0.15, 0.2) is 0 Å². The Kier molecular flexibility index (Phi) is 5.62. The topological polar surface area (TPSA) is 30.5 Å². The number of methoxy groups -OCH3 is 1. The van der Waals surface area contributed by atoms with E-state index in [2.05, 4.69) is 60.0 Å². The molecule has 0 aliphatic heterocycles. The normalized spacial score (nSPS) is 16.6. The van der Waals surface area contributed by atoms with E-state index in [1.165, 1.54) is 22.3 Å². The largest absolute Gasteiger partial charge is 0.497 e. The van der Waals surface area contributed by atoms with Crippen molar-refractivity contribution in [1.29, 1.82) is 0 Å². The molecule has 1 aliphatic rings. The fourth-order valence-electron chi connectivity index (χ4n) is 3.25. The van der Waals surface area contributed by atoms with E-state index >= 15 is 0 Å². The summed E-state index contributed by atoms with van der Waals surface area (Å²) in [5.74, 6) is 2.34. The van der Waals surface area contributed by atoms with E-state index in [1.807, 2.05) is 30.3 Å². The Bertz CT molecular complexity index is 915. The summed E-state index contributed by atoms with van der Waals surface area (Å²) in [5.41, 5.74) is 5.23. The van der Waals surface area contributed by atoms with Crippen molar-refractivity contribution >= 4 is 0 Å². The van der Waals surface area contributed by atoms with Crippen molar-refractivity contribution < 1.29 is 9.47 Å². The van der Waals surface area contributed by atoms with Gasteiger partial charge in [0.05, 0.1) is 7.11 Å². The van der Waals surface area contributed by atoms with E-state index in [0.29, 0.717) is 12.5 Å². The molecule has 0 amide bonds. The van der Waals surface area contributed by atoms with E-state index < -0.39 is 0 Å². The summed E-state index contributed by atoms with van der Waals surface area (Å²) >= 11 is 0. The Morgan fingerprint density at radius 1 is 0.857 bits per heavy atom. The molecule has 142 valence electrons. The first-order valence-corrected chi connectivity index (χ1v) is 9.64. The van der Waals surface area contributed by atoms with Crippen molar-refractivity contribution in [1.82, 2.24) is 5.32 Å². The molecule has 4 rings (SSSR count).